The molecule has 1 fully saturated rings. The Bertz CT molecular complexity index is 381. The molecule has 2 N–H and O–H groups in total. The Morgan fingerprint density at radius 1 is 1.38 bits per heavy atom. The van der Waals surface area contributed by atoms with Crippen molar-refractivity contribution < 1.29 is 0 Å². The Morgan fingerprint density at radius 3 is 2.62 bits per heavy atom. The number of amidine groups is 1. The summed E-state index contributed by atoms with van der Waals surface area (Å²) in [7, 11) is 2.12. The molecule has 0 amide bonds. The van der Waals surface area contributed by atoms with Crippen molar-refractivity contribution in [2.45, 2.75) is 19.4 Å². The van der Waals surface area contributed by atoms with Crippen LogP contribution in [0.3, 0.4) is 0 Å². The molecule has 3 heteroatoms. The van der Waals surface area contributed by atoms with Crippen molar-refractivity contribution >= 4 is 5.84 Å². The zero-order valence-corrected chi connectivity index (χ0v) is 9.98. The van der Waals surface area contributed by atoms with Crippen molar-refractivity contribution in [2.75, 3.05) is 20.1 Å². The third kappa shape index (κ3) is 2.61. The van der Waals surface area contributed by atoms with Gasteiger partial charge in [0.15, 0.2) is 0 Å². The fraction of sp³-hybridized carbons (Fsp3) is 0.462. The van der Waals surface area contributed by atoms with Crippen LogP contribution in [-0.4, -0.2) is 36.9 Å². The molecule has 0 aromatic heterocycles. The Morgan fingerprint density at radius 2 is 2.06 bits per heavy atom. The standard InChI is InChI=1S/C13H19N3/c1-10-3-5-11(6-4-10)13(14)15-12-7-8-16(2)9-12/h3-6,12H,7-9H2,1-2H3,(H2,14,15). The third-order valence-corrected chi connectivity index (χ3v) is 3.04. The number of aliphatic imine (C=N–C) groups is 1. The molecule has 1 aromatic carbocycles. The number of rotatable bonds is 2. The second-order valence-corrected chi connectivity index (χ2v) is 4.59. The molecule has 1 unspecified atom stereocenters. The van der Waals surface area contributed by atoms with E-state index in [0.29, 0.717) is 11.9 Å². The fourth-order valence-corrected chi connectivity index (χ4v) is 2.01. The first kappa shape index (κ1) is 11.1. The number of benzene rings is 1. The van der Waals surface area contributed by atoms with Crippen molar-refractivity contribution in [2.24, 2.45) is 10.7 Å². The summed E-state index contributed by atoms with van der Waals surface area (Å²) in [6, 6.07) is 8.57. The summed E-state index contributed by atoms with van der Waals surface area (Å²) in [6.45, 7) is 4.21. The smallest absolute Gasteiger partial charge is 0.125 e. The number of aryl methyl sites for hydroxylation is 1. The highest BCUT2D eigenvalue weighted by atomic mass is 15.1. The first-order valence-electron chi connectivity index (χ1n) is 5.74. The average Bonchev–Trinajstić information content (AvgIpc) is 2.65. The van der Waals surface area contributed by atoms with Crippen molar-refractivity contribution in [3.63, 3.8) is 0 Å². The largest absolute Gasteiger partial charge is 0.383 e. The number of hydrogen-bond donors (Lipinski definition) is 1. The highest BCUT2D eigenvalue weighted by Crippen LogP contribution is 2.11. The Balaban J connectivity index is 2.09. The molecule has 0 saturated carbocycles. The number of likely N-dealkylation sites (N-methyl/N-ethyl adjacent to an activating group) is 1. The molecule has 0 aliphatic carbocycles. The van der Waals surface area contributed by atoms with Gasteiger partial charge < -0.3 is 10.6 Å². The molecule has 2 rings (SSSR count). The molecule has 0 bridgehead atoms. The van der Waals surface area contributed by atoms with E-state index in [4.69, 9.17) is 5.73 Å². The van der Waals surface area contributed by atoms with Gasteiger partial charge in [0.1, 0.15) is 5.84 Å². The zero-order chi connectivity index (χ0) is 11.5. The van der Waals surface area contributed by atoms with Gasteiger partial charge in [-0.05, 0) is 26.9 Å². The van der Waals surface area contributed by atoms with E-state index in [1.165, 1.54) is 5.56 Å². The van der Waals surface area contributed by atoms with Crippen molar-refractivity contribution in [3.05, 3.63) is 35.4 Å². The van der Waals surface area contributed by atoms with Crippen LogP contribution in [0.25, 0.3) is 0 Å². The maximum absolute atomic E-state index is 6.00. The van der Waals surface area contributed by atoms with Gasteiger partial charge >= 0.3 is 0 Å². The van der Waals surface area contributed by atoms with E-state index in [1.807, 2.05) is 12.1 Å². The molecule has 86 valence electrons. The quantitative estimate of drug-likeness (QED) is 0.601. The molecule has 16 heavy (non-hydrogen) atoms. The van der Waals surface area contributed by atoms with Crippen LogP contribution in [0.5, 0.6) is 0 Å². The molecule has 1 aromatic rings. The van der Waals surface area contributed by atoms with Crippen LogP contribution in [0.2, 0.25) is 0 Å². The lowest BCUT2D eigenvalue weighted by Crippen LogP contribution is -2.20. The van der Waals surface area contributed by atoms with Gasteiger partial charge in [0.2, 0.25) is 0 Å². The second kappa shape index (κ2) is 4.66. The zero-order valence-electron chi connectivity index (χ0n) is 9.98. The van der Waals surface area contributed by atoms with Gasteiger partial charge in [-0.25, -0.2) is 0 Å². The normalized spacial score (nSPS) is 22.6. The van der Waals surface area contributed by atoms with Crippen molar-refractivity contribution in [3.8, 4) is 0 Å². The van der Waals surface area contributed by atoms with Crippen LogP contribution in [0.1, 0.15) is 17.5 Å². The maximum Gasteiger partial charge on any atom is 0.125 e. The molecule has 3 nitrogen and oxygen atoms in total. The van der Waals surface area contributed by atoms with Gasteiger partial charge in [-0.15, -0.1) is 0 Å². The molecule has 0 spiro atoms. The summed E-state index contributed by atoms with van der Waals surface area (Å²) < 4.78 is 0. The topological polar surface area (TPSA) is 41.6 Å². The molecule has 0 radical (unpaired) electrons. The molecular weight excluding hydrogens is 198 g/mol. The summed E-state index contributed by atoms with van der Waals surface area (Å²) in [5.41, 5.74) is 8.28. The summed E-state index contributed by atoms with van der Waals surface area (Å²) in [5, 5.41) is 0. The first-order valence-corrected chi connectivity index (χ1v) is 5.74. The fourth-order valence-electron chi connectivity index (χ4n) is 2.01. The van der Waals surface area contributed by atoms with Crippen molar-refractivity contribution in [1.82, 2.24) is 4.90 Å². The number of nitrogens with zero attached hydrogens (tertiary/aromatic N) is 2. The van der Waals surface area contributed by atoms with Gasteiger partial charge in [-0.3, -0.25) is 4.99 Å². The Hall–Kier alpha value is -1.35. The van der Waals surface area contributed by atoms with Crippen LogP contribution in [0.4, 0.5) is 0 Å². The number of nitrogens with two attached hydrogens (primary N) is 1. The monoisotopic (exact) mass is 217 g/mol. The van der Waals surface area contributed by atoms with Gasteiger partial charge in [-0.1, -0.05) is 29.8 Å². The van der Waals surface area contributed by atoms with E-state index in [2.05, 4.69) is 36.0 Å². The predicted octanol–water partition coefficient (Wildman–Crippen LogP) is 1.40. The highest BCUT2D eigenvalue weighted by molar-refractivity contribution is 5.97. The summed E-state index contributed by atoms with van der Waals surface area (Å²) in [6.07, 6.45) is 1.11. The lowest BCUT2D eigenvalue weighted by atomic mass is 10.1. The summed E-state index contributed by atoms with van der Waals surface area (Å²) >= 11 is 0. The number of hydrogen-bond acceptors (Lipinski definition) is 2. The van der Waals surface area contributed by atoms with Crippen LogP contribution >= 0.6 is 0 Å². The summed E-state index contributed by atoms with van der Waals surface area (Å²) in [4.78, 5) is 6.87. The highest BCUT2D eigenvalue weighted by Gasteiger charge is 2.18. The lowest BCUT2D eigenvalue weighted by molar-refractivity contribution is 0.411. The van der Waals surface area contributed by atoms with Gasteiger partial charge in [0.05, 0.1) is 6.04 Å². The molecule has 1 aliphatic rings. The van der Waals surface area contributed by atoms with E-state index in [9.17, 15) is 0 Å². The molecular formula is C13H19N3. The first-order chi connectivity index (χ1) is 7.65. The van der Waals surface area contributed by atoms with Gasteiger partial charge in [-0.2, -0.15) is 0 Å². The molecule has 1 atom stereocenters. The second-order valence-electron chi connectivity index (χ2n) is 4.59. The van der Waals surface area contributed by atoms with Crippen LogP contribution in [0, 0.1) is 6.92 Å². The lowest BCUT2D eigenvalue weighted by Gasteiger charge is -2.07. The van der Waals surface area contributed by atoms with Crippen LogP contribution < -0.4 is 5.73 Å². The van der Waals surface area contributed by atoms with E-state index in [-0.39, 0.29) is 0 Å². The van der Waals surface area contributed by atoms with Crippen molar-refractivity contribution in [1.29, 1.82) is 0 Å². The minimum atomic E-state index is 0.367. The summed E-state index contributed by atoms with van der Waals surface area (Å²) in [5.74, 6) is 0.667. The van der Waals surface area contributed by atoms with E-state index in [0.717, 1.165) is 25.1 Å². The van der Waals surface area contributed by atoms with Crippen LogP contribution in [0.15, 0.2) is 29.3 Å². The molecule has 1 saturated heterocycles. The SMILES string of the molecule is Cc1ccc(C(N)=NC2CCN(C)C2)cc1. The minimum Gasteiger partial charge on any atom is -0.383 e. The number of likely N-dealkylation sites (tertiary alicyclic amines) is 1. The molecule has 1 heterocycles. The molecule has 1 aliphatic heterocycles. The average molecular weight is 217 g/mol. The third-order valence-electron chi connectivity index (χ3n) is 3.04. The predicted molar refractivity (Wildman–Crippen MR) is 67.8 cm³/mol. The van der Waals surface area contributed by atoms with E-state index in [1.54, 1.807) is 0 Å². The van der Waals surface area contributed by atoms with E-state index < -0.39 is 0 Å². The van der Waals surface area contributed by atoms with Gasteiger partial charge in [0, 0.05) is 12.1 Å². The minimum absolute atomic E-state index is 0.367. The Labute approximate surface area is 97.0 Å². The van der Waals surface area contributed by atoms with Gasteiger partial charge in [0.25, 0.3) is 0 Å². The van der Waals surface area contributed by atoms with E-state index >= 15 is 0 Å². The van der Waals surface area contributed by atoms with Crippen LogP contribution in [-0.2, 0) is 0 Å². The Kier molecular flexibility index (Phi) is 3.25. The maximum atomic E-state index is 6.00.